The minimum atomic E-state index is -0.449. The van der Waals surface area contributed by atoms with E-state index in [9.17, 15) is 19.3 Å². The van der Waals surface area contributed by atoms with Gasteiger partial charge in [0.25, 0.3) is 5.69 Å². The molecule has 0 radical (unpaired) electrons. The Bertz CT molecular complexity index is 828. The number of urea groups is 1. The van der Waals surface area contributed by atoms with Gasteiger partial charge in [-0.3, -0.25) is 15.0 Å². The van der Waals surface area contributed by atoms with Gasteiger partial charge < -0.3 is 10.2 Å². The van der Waals surface area contributed by atoms with Gasteiger partial charge in [0, 0.05) is 51.4 Å². The van der Waals surface area contributed by atoms with Crippen LogP contribution < -0.4 is 5.32 Å². The number of non-ortho nitro benzene ring substituents is 1. The van der Waals surface area contributed by atoms with Gasteiger partial charge in [-0.15, -0.1) is 0 Å². The second-order valence-electron chi connectivity index (χ2n) is 6.83. The molecule has 1 saturated heterocycles. The van der Waals surface area contributed by atoms with Crippen molar-refractivity contribution in [3.05, 3.63) is 75.6 Å². The lowest BCUT2D eigenvalue weighted by atomic mass is 10.2. The Labute approximate surface area is 162 Å². The lowest BCUT2D eigenvalue weighted by Gasteiger charge is -2.22. The highest BCUT2D eigenvalue weighted by Gasteiger charge is 2.19. The zero-order chi connectivity index (χ0) is 19.9. The summed E-state index contributed by atoms with van der Waals surface area (Å²) in [5.41, 5.74) is 1.75. The third-order valence-corrected chi connectivity index (χ3v) is 4.76. The van der Waals surface area contributed by atoms with Crippen molar-refractivity contribution in [1.82, 2.24) is 15.1 Å². The largest absolute Gasteiger partial charge is 0.334 e. The monoisotopic (exact) mass is 386 g/mol. The first-order valence-corrected chi connectivity index (χ1v) is 9.24. The van der Waals surface area contributed by atoms with Gasteiger partial charge in [0.05, 0.1) is 4.92 Å². The number of nitrogens with zero attached hydrogens (tertiary/aromatic N) is 3. The van der Waals surface area contributed by atoms with Crippen molar-refractivity contribution in [1.29, 1.82) is 0 Å². The summed E-state index contributed by atoms with van der Waals surface area (Å²) in [6.07, 6.45) is 0.853. The summed E-state index contributed by atoms with van der Waals surface area (Å²) in [5.74, 6) is -0.244. The SMILES string of the molecule is O=C(NCc1cccc([N+](=O)[O-])c1)N1CCCN(Cc2ccc(F)cc2)CC1. The number of amides is 2. The molecule has 1 fully saturated rings. The first-order valence-electron chi connectivity index (χ1n) is 9.24. The van der Waals surface area contributed by atoms with E-state index in [-0.39, 0.29) is 24.1 Å². The van der Waals surface area contributed by atoms with Crippen LogP contribution in [0.2, 0.25) is 0 Å². The van der Waals surface area contributed by atoms with E-state index in [2.05, 4.69) is 10.2 Å². The number of hydrogen-bond donors (Lipinski definition) is 1. The fourth-order valence-electron chi connectivity index (χ4n) is 3.25. The summed E-state index contributed by atoms with van der Waals surface area (Å²) in [4.78, 5) is 26.9. The number of rotatable bonds is 5. The number of nitro groups is 1. The van der Waals surface area contributed by atoms with Crippen molar-refractivity contribution < 1.29 is 14.1 Å². The van der Waals surface area contributed by atoms with E-state index in [0.717, 1.165) is 31.6 Å². The van der Waals surface area contributed by atoms with E-state index in [1.54, 1.807) is 29.2 Å². The Balaban J connectivity index is 1.49. The molecule has 0 bridgehead atoms. The summed E-state index contributed by atoms with van der Waals surface area (Å²) in [6, 6.07) is 12.6. The summed E-state index contributed by atoms with van der Waals surface area (Å²) in [7, 11) is 0. The molecule has 3 rings (SSSR count). The van der Waals surface area contributed by atoms with Gasteiger partial charge >= 0.3 is 6.03 Å². The summed E-state index contributed by atoms with van der Waals surface area (Å²) in [5, 5.41) is 13.7. The van der Waals surface area contributed by atoms with Crippen LogP contribution in [-0.2, 0) is 13.1 Å². The summed E-state index contributed by atoms with van der Waals surface area (Å²) < 4.78 is 13.0. The number of carbonyl (C=O) groups excluding carboxylic acids is 1. The Morgan fingerprint density at radius 1 is 1.07 bits per heavy atom. The highest BCUT2D eigenvalue weighted by Crippen LogP contribution is 2.13. The van der Waals surface area contributed by atoms with Crippen molar-refractivity contribution in [3.63, 3.8) is 0 Å². The molecule has 0 aliphatic carbocycles. The Morgan fingerprint density at radius 3 is 2.61 bits per heavy atom. The van der Waals surface area contributed by atoms with Crippen LogP contribution in [0.4, 0.5) is 14.9 Å². The molecule has 2 amide bonds. The van der Waals surface area contributed by atoms with E-state index in [1.807, 2.05) is 0 Å². The topological polar surface area (TPSA) is 78.7 Å². The van der Waals surface area contributed by atoms with Gasteiger partial charge in [0.1, 0.15) is 5.82 Å². The van der Waals surface area contributed by atoms with Gasteiger partial charge in [-0.1, -0.05) is 24.3 Å². The molecule has 7 nitrogen and oxygen atoms in total. The zero-order valence-electron chi connectivity index (χ0n) is 15.5. The van der Waals surface area contributed by atoms with Crippen molar-refractivity contribution in [3.8, 4) is 0 Å². The molecule has 8 heteroatoms. The first-order chi connectivity index (χ1) is 13.5. The maximum absolute atomic E-state index is 13.0. The fourth-order valence-corrected chi connectivity index (χ4v) is 3.25. The molecule has 28 heavy (non-hydrogen) atoms. The molecule has 0 atom stereocenters. The van der Waals surface area contributed by atoms with Crippen molar-refractivity contribution >= 4 is 11.7 Å². The number of nitro benzene ring substituents is 1. The van der Waals surface area contributed by atoms with E-state index in [4.69, 9.17) is 0 Å². The number of nitrogens with one attached hydrogen (secondary N) is 1. The van der Waals surface area contributed by atoms with Gasteiger partial charge in [0.2, 0.25) is 0 Å². The molecule has 2 aromatic carbocycles. The van der Waals surface area contributed by atoms with E-state index in [1.165, 1.54) is 24.3 Å². The Kier molecular flexibility index (Phi) is 6.54. The molecule has 1 heterocycles. The molecule has 0 aromatic heterocycles. The average Bonchev–Trinajstić information content (AvgIpc) is 2.94. The lowest BCUT2D eigenvalue weighted by Crippen LogP contribution is -2.41. The third kappa shape index (κ3) is 5.50. The zero-order valence-corrected chi connectivity index (χ0v) is 15.5. The van der Waals surface area contributed by atoms with Gasteiger partial charge in [-0.2, -0.15) is 0 Å². The van der Waals surface area contributed by atoms with Gasteiger partial charge in [-0.25, -0.2) is 9.18 Å². The Morgan fingerprint density at radius 2 is 1.86 bits per heavy atom. The van der Waals surface area contributed by atoms with Crippen LogP contribution in [0.5, 0.6) is 0 Å². The number of carbonyl (C=O) groups is 1. The molecule has 1 N–H and O–H groups in total. The van der Waals surface area contributed by atoms with Crippen LogP contribution in [0.25, 0.3) is 0 Å². The quantitative estimate of drug-likeness (QED) is 0.632. The van der Waals surface area contributed by atoms with Crippen LogP contribution in [0.3, 0.4) is 0 Å². The summed E-state index contributed by atoms with van der Waals surface area (Å²) in [6.45, 7) is 3.83. The number of halogens is 1. The van der Waals surface area contributed by atoms with Crippen LogP contribution in [0.15, 0.2) is 48.5 Å². The molecule has 0 unspecified atom stereocenters. The predicted molar refractivity (Wildman–Crippen MR) is 103 cm³/mol. The molecule has 0 saturated carbocycles. The van der Waals surface area contributed by atoms with Crippen LogP contribution in [-0.4, -0.2) is 46.9 Å². The molecular formula is C20H23FN4O3. The number of benzene rings is 2. The second-order valence-corrected chi connectivity index (χ2v) is 6.83. The normalized spacial score (nSPS) is 15.1. The van der Waals surface area contributed by atoms with Crippen molar-refractivity contribution in [2.75, 3.05) is 26.2 Å². The van der Waals surface area contributed by atoms with E-state index >= 15 is 0 Å². The lowest BCUT2D eigenvalue weighted by molar-refractivity contribution is -0.384. The molecule has 0 spiro atoms. The third-order valence-electron chi connectivity index (χ3n) is 4.76. The first kappa shape index (κ1) is 19.8. The van der Waals surface area contributed by atoms with Crippen LogP contribution >= 0.6 is 0 Å². The van der Waals surface area contributed by atoms with Crippen molar-refractivity contribution in [2.45, 2.75) is 19.5 Å². The van der Waals surface area contributed by atoms with E-state index < -0.39 is 4.92 Å². The maximum atomic E-state index is 13.0. The average molecular weight is 386 g/mol. The molecule has 1 aliphatic rings. The van der Waals surface area contributed by atoms with Gasteiger partial charge in [0.15, 0.2) is 0 Å². The minimum Gasteiger partial charge on any atom is -0.334 e. The summed E-state index contributed by atoms with van der Waals surface area (Å²) >= 11 is 0. The molecular weight excluding hydrogens is 363 g/mol. The maximum Gasteiger partial charge on any atom is 0.317 e. The van der Waals surface area contributed by atoms with E-state index in [0.29, 0.717) is 18.7 Å². The van der Waals surface area contributed by atoms with Crippen LogP contribution in [0, 0.1) is 15.9 Å². The smallest absolute Gasteiger partial charge is 0.317 e. The molecule has 2 aromatic rings. The van der Waals surface area contributed by atoms with Crippen LogP contribution in [0.1, 0.15) is 17.5 Å². The Hall–Kier alpha value is -3.00. The standard InChI is InChI=1S/C20H23FN4O3/c21-18-7-5-16(6-8-18)15-23-9-2-10-24(12-11-23)20(26)22-14-17-3-1-4-19(13-17)25(27)28/h1,3-8,13H,2,9-12,14-15H2,(H,22,26). The molecule has 148 valence electrons. The highest BCUT2D eigenvalue weighted by atomic mass is 19.1. The van der Waals surface area contributed by atoms with Crippen molar-refractivity contribution in [2.24, 2.45) is 0 Å². The second kappa shape index (κ2) is 9.27. The van der Waals surface area contributed by atoms with Gasteiger partial charge in [-0.05, 0) is 29.7 Å². The molecule has 1 aliphatic heterocycles. The minimum absolute atomic E-state index is 0.0120. The predicted octanol–water partition coefficient (Wildman–Crippen LogP) is 3.15. The highest BCUT2D eigenvalue weighted by molar-refractivity contribution is 5.74. The fraction of sp³-hybridized carbons (Fsp3) is 0.350. The number of hydrogen-bond acceptors (Lipinski definition) is 4.